The third kappa shape index (κ3) is 7.21. The van der Waals surface area contributed by atoms with Gasteiger partial charge in [-0.1, -0.05) is 170 Å². The van der Waals surface area contributed by atoms with Crippen molar-refractivity contribution in [3.05, 3.63) is 289 Å². The summed E-state index contributed by atoms with van der Waals surface area (Å²) in [7, 11) is 0. The lowest BCUT2D eigenvalue weighted by Crippen LogP contribution is -2.27. The van der Waals surface area contributed by atoms with Crippen molar-refractivity contribution >= 4 is 43.6 Å². The Morgan fingerprint density at radius 2 is 0.585 bits per heavy atom. The van der Waals surface area contributed by atoms with Crippen LogP contribution in [0.2, 0.25) is 0 Å². The molecular formula is C72H44N10. The second-order valence-corrected chi connectivity index (χ2v) is 21.1. The van der Waals surface area contributed by atoms with Crippen LogP contribution in [-0.2, 0) is 0 Å². The fourth-order valence-electron chi connectivity index (χ4n) is 13.0. The third-order valence-corrected chi connectivity index (χ3v) is 16.6. The van der Waals surface area contributed by atoms with Gasteiger partial charge in [-0.15, -0.1) is 0 Å². The zero-order valence-corrected chi connectivity index (χ0v) is 43.9. The second-order valence-electron chi connectivity index (χ2n) is 21.1. The van der Waals surface area contributed by atoms with Gasteiger partial charge in [0.2, 0.25) is 0 Å². The number of para-hydroxylation sites is 2. The topological polar surface area (TPSA) is 113 Å². The molecule has 82 heavy (non-hydrogen) atoms. The van der Waals surface area contributed by atoms with Gasteiger partial charge in [0.05, 0.1) is 22.1 Å². The fraction of sp³-hybridized carbons (Fsp3) is 0.0278. The van der Waals surface area contributed by atoms with E-state index in [1.807, 2.05) is 61.2 Å². The molecule has 9 aromatic carbocycles. The summed E-state index contributed by atoms with van der Waals surface area (Å²) in [4.78, 5) is 40.5. The highest BCUT2D eigenvalue weighted by Gasteiger charge is 2.42. The number of benzene rings is 9. The normalized spacial score (nSPS) is 14.1. The Labute approximate surface area is 470 Å². The van der Waals surface area contributed by atoms with Crippen molar-refractivity contribution in [3.63, 3.8) is 0 Å². The first-order valence-corrected chi connectivity index (χ1v) is 27.5. The van der Waals surface area contributed by atoms with Crippen LogP contribution in [0.1, 0.15) is 45.2 Å². The Hall–Kier alpha value is -11.1. The number of rotatable bonds is 8. The molecule has 2 bridgehead atoms. The van der Waals surface area contributed by atoms with Crippen LogP contribution in [0.5, 0.6) is 0 Å². The molecule has 6 aromatic heterocycles. The lowest BCUT2D eigenvalue weighted by molar-refractivity contribution is 0.754. The molecule has 382 valence electrons. The van der Waals surface area contributed by atoms with E-state index in [-0.39, 0.29) is 11.8 Å². The monoisotopic (exact) mass is 1050 g/mol. The predicted molar refractivity (Wildman–Crippen MR) is 325 cm³/mol. The van der Waals surface area contributed by atoms with Gasteiger partial charge in [0.15, 0.2) is 34.9 Å². The zero-order chi connectivity index (χ0) is 53.8. The highest BCUT2D eigenvalue weighted by molar-refractivity contribution is 6.10. The van der Waals surface area contributed by atoms with Gasteiger partial charge in [-0.25, -0.2) is 29.9 Å². The predicted octanol–water partition coefficient (Wildman–Crippen LogP) is 16.0. The molecule has 0 spiro atoms. The van der Waals surface area contributed by atoms with Gasteiger partial charge in [-0.2, -0.15) is 0 Å². The van der Waals surface area contributed by atoms with Crippen molar-refractivity contribution < 1.29 is 0 Å². The smallest absolute Gasteiger partial charge is 0.164 e. The third-order valence-electron chi connectivity index (χ3n) is 16.6. The van der Waals surface area contributed by atoms with Gasteiger partial charge in [-0.3, -0.25) is 9.97 Å². The Bertz CT molecular complexity index is 4660. The quantitative estimate of drug-likeness (QED) is 0.148. The molecule has 18 rings (SSSR count). The van der Waals surface area contributed by atoms with Crippen LogP contribution in [-0.4, -0.2) is 49.0 Å². The average Bonchev–Trinajstić information content (AvgIpc) is 1.80. The molecule has 0 N–H and O–H groups in total. The number of nitrogens with zero attached hydrogens (tertiary/aromatic N) is 10. The number of fused-ring (bicyclic) bond motifs is 6. The van der Waals surface area contributed by atoms with Crippen molar-refractivity contribution in [1.82, 2.24) is 49.0 Å². The molecule has 2 unspecified atom stereocenters. The Morgan fingerprint density at radius 1 is 0.244 bits per heavy atom. The largest absolute Gasteiger partial charge is 0.309 e. The van der Waals surface area contributed by atoms with E-state index in [4.69, 9.17) is 29.9 Å². The van der Waals surface area contributed by atoms with Crippen molar-refractivity contribution in [2.24, 2.45) is 0 Å². The summed E-state index contributed by atoms with van der Waals surface area (Å²) in [5, 5.41) is 4.51. The summed E-state index contributed by atoms with van der Waals surface area (Å²) >= 11 is 0. The summed E-state index contributed by atoms with van der Waals surface area (Å²) in [5.41, 5.74) is 19.5. The molecule has 3 aliphatic rings. The van der Waals surface area contributed by atoms with E-state index in [0.717, 1.165) is 88.4 Å². The Kier molecular flexibility index (Phi) is 10.2. The molecule has 0 fully saturated rings. The maximum atomic E-state index is 5.33. The van der Waals surface area contributed by atoms with Gasteiger partial charge < -0.3 is 9.13 Å². The maximum absolute atomic E-state index is 5.33. The molecule has 10 nitrogen and oxygen atoms in total. The lowest BCUT2D eigenvalue weighted by atomic mass is 9.61. The standard InChI is InChI=1S/C72H44N10/c1-3-15-43(16-4-1)67-75-69(45-19-13-21-49(37-45)81-61-27-11-9-23-51(61)59-41-73-35-33-63(59)81)79-71(77-67)47-29-31-55-57(39-47)65-53-25-7-8-26-54(53)66(55)58-40-48(30-32-56(58)65)72-78-68(44-17-5-2-6-18-44)76-70(80-72)46-20-14-22-50(38-46)82-62-28-12-10-24-52(62)60-42-74-36-34-64(60)82/h1-42,65-66H. The molecule has 6 heterocycles. The van der Waals surface area contributed by atoms with E-state index in [9.17, 15) is 0 Å². The van der Waals surface area contributed by atoms with Crippen molar-refractivity contribution in [2.75, 3.05) is 0 Å². The molecule has 2 atom stereocenters. The minimum absolute atomic E-state index is 0.0265. The van der Waals surface area contributed by atoms with Crippen LogP contribution in [0, 0.1) is 0 Å². The summed E-state index contributed by atoms with van der Waals surface area (Å²) in [5.74, 6) is 3.60. The second kappa shape index (κ2) is 18.2. The molecule has 0 amide bonds. The van der Waals surface area contributed by atoms with E-state index < -0.39 is 0 Å². The summed E-state index contributed by atoms with van der Waals surface area (Å²) in [6.07, 6.45) is 7.60. The van der Waals surface area contributed by atoms with Gasteiger partial charge in [0, 0.05) is 103 Å². The average molecular weight is 1050 g/mol. The molecule has 10 heteroatoms. The number of hydrogen-bond donors (Lipinski definition) is 0. The van der Waals surface area contributed by atoms with Crippen molar-refractivity contribution in [1.29, 1.82) is 0 Å². The van der Waals surface area contributed by atoms with Crippen molar-refractivity contribution in [3.8, 4) is 79.7 Å². The minimum atomic E-state index is -0.0265. The Balaban J connectivity index is 0.776. The molecular weight excluding hydrogens is 1000 g/mol. The molecule has 0 saturated carbocycles. The van der Waals surface area contributed by atoms with E-state index in [1.165, 1.54) is 33.4 Å². The van der Waals surface area contributed by atoms with E-state index in [2.05, 4.69) is 213 Å². The molecule has 0 radical (unpaired) electrons. The maximum Gasteiger partial charge on any atom is 0.164 e. The Morgan fingerprint density at radius 3 is 1.02 bits per heavy atom. The first-order chi connectivity index (χ1) is 40.6. The summed E-state index contributed by atoms with van der Waals surface area (Å²) in [6.45, 7) is 0. The van der Waals surface area contributed by atoms with Gasteiger partial charge in [0.1, 0.15) is 0 Å². The van der Waals surface area contributed by atoms with Crippen LogP contribution in [0.4, 0.5) is 0 Å². The van der Waals surface area contributed by atoms with E-state index in [1.54, 1.807) is 0 Å². The SMILES string of the molecule is c1ccc(-c2nc(-c3cccc(-n4c5ccccc5c5cnccc54)c3)nc(-c3ccc4c(c3)C3c5ccccc5C4c4cc(-c5nc(-c6ccccc6)nc(-c6cccc(-n7c8ccccc8c8cnccc87)c6)n5)ccc43)n2)cc1. The van der Waals surface area contributed by atoms with Crippen LogP contribution >= 0.6 is 0 Å². The van der Waals surface area contributed by atoms with Gasteiger partial charge >= 0.3 is 0 Å². The highest BCUT2D eigenvalue weighted by Crippen LogP contribution is 2.57. The highest BCUT2D eigenvalue weighted by atomic mass is 15.1. The number of pyridine rings is 2. The summed E-state index contributed by atoms with van der Waals surface area (Å²) in [6, 6.07) is 81.0. The first-order valence-electron chi connectivity index (χ1n) is 27.5. The van der Waals surface area contributed by atoms with Gasteiger partial charge in [-0.05, 0) is 94.0 Å². The van der Waals surface area contributed by atoms with Crippen LogP contribution in [0.3, 0.4) is 0 Å². The van der Waals surface area contributed by atoms with Crippen molar-refractivity contribution in [2.45, 2.75) is 11.8 Å². The number of hydrogen-bond acceptors (Lipinski definition) is 8. The fourth-order valence-corrected chi connectivity index (χ4v) is 13.0. The molecule has 0 saturated heterocycles. The van der Waals surface area contributed by atoms with Crippen LogP contribution in [0.15, 0.2) is 255 Å². The lowest BCUT2D eigenvalue weighted by Gasteiger charge is -2.42. The van der Waals surface area contributed by atoms with Crippen LogP contribution < -0.4 is 0 Å². The first kappa shape index (κ1) is 45.9. The van der Waals surface area contributed by atoms with E-state index >= 15 is 0 Å². The number of aromatic nitrogens is 10. The molecule has 15 aromatic rings. The molecule has 0 aliphatic heterocycles. The van der Waals surface area contributed by atoms with Crippen LogP contribution in [0.25, 0.3) is 123 Å². The summed E-state index contributed by atoms with van der Waals surface area (Å²) < 4.78 is 4.59. The zero-order valence-electron chi connectivity index (χ0n) is 43.9. The minimum Gasteiger partial charge on any atom is -0.309 e. The van der Waals surface area contributed by atoms with E-state index in [0.29, 0.717) is 34.9 Å². The molecule has 3 aliphatic carbocycles. The van der Waals surface area contributed by atoms with Gasteiger partial charge in [0.25, 0.3) is 0 Å².